The van der Waals surface area contributed by atoms with E-state index in [0.717, 1.165) is 11.3 Å². The molecule has 0 saturated heterocycles. The Morgan fingerprint density at radius 2 is 2.05 bits per heavy atom. The summed E-state index contributed by atoms with van der Waals surface area (Å²) < 4.78 is 5.66. The quantitative estimate of drug-likeness (QED) is 0.925. The Kier molecular flexibility index (Phi) is 4.29. The van der Waals surface area contributed by atoms with E-state index in [1.54, 1.807) is 11.3 Å². The number of thiophene rings is 1. The van der Waals surface area contributed by atoms with E-state index < -0.39 is 0 Å². The van der Waals surface area contributed by atoms with Crippen molar-refractivity contribution in [2.45, 2.75) is 19.9 Å². The third-order valence-corrected chi connectivity index (χ3v) is 4.68. The standard InChI is InChI=1S/C18H19NO2S/c1-12(2)17(16-8-5-9-22-16)19-18(20)14-10-13-6-3-4-7-15(13)21-11-14/h3-10,12,17H,11H2,1-2H3,(H,19,20)/t17-/m0/s1. The summed E-state index contributed by atoms with van der Waals surface area (Å²) in [7, 11) is 0. The monoisotopic (exact) mass is 313 g/mol. The molecule has 3 rings (SSSR count). The molecule has 1 N–H and O–H groups in total. The van der Waals surface area contributed by atoms with Gasteiger partial charge in [0.2, 0.25) is 0 Å². The van der Waals surface area contributed by atoms with Gasteiger partial charge in [0.05, 0.1) is 11.6 Å². The second-order valence-electron chi connectivity index (χ2n) is 5.71. The zero-order chi connectivity index (χ0) is 15.5. The molecular formula is C18H19NO2S. The zero-order valence-corrected chi connectivity index (χ0v) is 13.5. The lowest BCUT2D eigenvalue weighted by Crippen LogP contribution is -2.34. The first-order valence-corrected chi connectivity index (χ1v) is 8.30. The predicted molar refractivity (Wildman–Crippen MR) is 90.0 cm³/mol. The second kappa shape index (κ2) is 6.36. The number of fused-ring (bicyclic) bond motifs is 1. The van der Waals surface area contributed by atoms with Crippen molar-refractivity contribution >= 4 is 23.3 Å². The van der Waals surface area contributed by atoms with E-state index >= 15 is 0 Å². The van der Waals surface area contributed by atoms with Crippen LogP contribution in [-0.2, 0) is 4.79 Å². The van der Waals surface area contributed by atoms with Gasteiger partial charge in [-0.15, -0.1) is 11.3 Å². The molecule has 0 saturated carbocycles. The lowest BCUT2D eigenvalue weighted by molar-refractivity contribution is -0.118. The fourth-order valence-corrected chi connectivity index (χ4v) is 3.46. The summed E-state index contributed by atoms with van der Waals surface area (Å²) in [6, 6.07) is 11.9. The van der Waals surface area contributed by atoms with Crippen molar-refractivity contribution in [1.29, 1.82) is 0 Å². The largest absolute Gasteiger partial charge is 0.488 e. The van der Waals surface area contributed by atoms with Gasteiger partial charge < -0.3 is 10.1 Å². The summed E-state index contributed by atoms with van der Waals surface area (Å²) >= 11 is 1.67. The molecule has 1 atom stereocenters. The third kappa shape index (κ3) is 3.07. The van der Waals surface area contributed by atoms with Crippen LogP contribution in [0.25, 0.3) is 6.08 Å². The van der Waals surface area contributed by atoms with Gasteiger partial charge in [-0.1, -0.05) is 38.1 Å². The van der Waals surface area contributed by atoms with Gasteiger partial charge in [-0.05, 0) is 29.5 Å². The van der Waals surface area contributed by atoms with Gasteiger partial charge in [0.25, 0.3) is 5.91 Å². The van der Waals surface area contributed by atoms with Gasteiger partial charge in [0, 0.05) is 10.4 Å². The van der Waals surface area contributed by atoms with E-state index in [2.05, 4.69) is 25.2 Å². The first kappa shape index (κ1) is 14.9. The number of benzene rings is 1. The summed E-state index contributed by atoms with van der Waals surface area (Å²) in [6.07, 6.45) is 1.92. The molecule has 3 nitrogen and oxygen atoms in total. The number of hydrogen-bond donors (Lipinski definition) is 1. The van der Waals surface area contributed by atoms with Crippen LogP contribution in [0.1, 0.15) is 30.3 Å². The normalized spacial score (nSPS) is 14.8. The molecule has 1 aliphatic rings. The fraction of sp³-hybridized carbons (Fsp3) is 0.278. The second-order valence-corrected chi connectivity index (χ2v) is 6.69. The van der Waals surface area contributed by atoms with Crippen molar-refractivity contribution in [3.05, 3.63) is 57.8 Å². The molecule has 0 bridgehead atoms. The fourth-order valence-electron chi connectivity index (χ4n) is 2.52. The van der Waals surface area contributed by atoms with Crippen molar-refractivity contribution in [3.63, 3.8) is 0 Å². The summed E-state index contributed by atoms with van der Waals surface area (Å²) in [5, 5.41) is 5.18. The van der Waals surface area contributed by atoms with E-state index in [-0.39, 0.29) is 11.9 Å². The van der Waals surface area contributed by atoms with E-state index in [1.807, 2.05) is 41.8 Å². The van der Waals surface area contributed by atoms with Gasteiger partial charge in [-0.25, -0.2) is 0 Å². The van der Waals surface area contributed by atoms with Crippen molar-refractivity contribution in [3.8, 4) is 5.75 Å². The zero-order valence-electron chi connectivity index (χ0n) is 12.7. The lowest BCUT2D eigenvalue weighted by atomic mass is 10.0. The number of carbonyl (C=O) groups is 1. The Bertz CT molecular complexity index is 689. The van der Waals surface area contributed by atoms with Crippen molar-refractivity contribution in [1.82, 2.24) is 5.32 Å². The predicted octanol–water partition coefficient (Wildman–Crippen LogP) is 4.04. The molecule has 4 heteroatoms. The molecule has 1 aliphatic heterocycles. The van der Waals surface area contributed by atoms with Crippen molar-refractivity contribution < 1.29 is 9.53 Å². The highest BCUT2D eigenvalue weighted by molar-refractivity contribution is 7.10. The van der Waals surface area contributed by atoms with Gasteiger partial charge in [-0.3, -0.25) is 4.79 Å². The summed E-state index contributed by atoms with van der Waals surface area (Å²) in [6.45, 7) is 4.55. The number of nitrogens with one attached hydrogen (secondary N) is 1. The van der Waals surface area contributed by atoms with Crippen LogP contribution in [0.5, 0.6) is 5.75 Å². The SMILES string of the molecule is CC(C)[C@H](NC(=O)C1=Cc2ccccc2OC1)c1cccs1. The minimum Gasteiger partial charge on any atom is -0.488 e. The molecule has 0 radical (unpaired) electrons. The maximum absolute atomic E-state index is 12.6. The molecule has 114 valence electrons. The molecule has 1 aromatic carbocycles. The van der Waals surface area contributed by atoms with Crippen LogP contribution < -0.4 is 10.1 Å². The Labute approximate surface area is 134 Å². The van der Waals surface area contributed by atoms with Crippen LogP contribution in [0.4, 0.5) is 0 Å². The number of amides is 1. The van der Waals surface area contributed by atoms with Crippen LogP contribution in [0.2, 0.25) is 0 Å². The highest BCUT2D eigenvalue weighted by Gasteiger charge is 2.23. The first-order valence-electron chi connectivity index (χ1n) is 7.42. The molecule has 1 amide bonds. The van der Waals surface area contributed by atoms with E-state index in [0.29, 0.717) is 18.1 Å². The highest BCUT2D eigenvalue weighted by Crippen LogP contribution is 2.28. The minimum atomic E-state index is -0.0541. The first-order chi connectivity index (χ1) is 10.6. The van der Waals surface area contributed by atoms with Crippen LogP contribution in [0.15, 0.2) is 47.4 Å². The smallest absolute Gasteiger partial charge is 0.251 e. The van der Waals surface area contributed by atoms with Crippen LogP contribution in [-0.4, -0.2) is 12.5 Å². The molecule has 22 heavy (non-hydrogen) atoms. The van der Waals surface area contributed by atoms with E-state index in [9.17, 15) is 4.79 Å². The molecule has 1 aromatic heterocycles. The maximum atomic E-state index is 12.6. The Hall–Kier alpha value is -2.07. The van der Waals surface area contributed by atoms with Gasteiger partial charge in [0.1, 0.15) is 12.4 Å². The van der Waals surface area contributed by atoms with Crippen LogP contribution in [0.3, 0.4) is 0 Å². The third-order valence-electron chi connectivity index (χ3n) is 3.73. The number of carbonyl (C=O) groups excluding carboxylic acids is 1. The van der Waals surface area contributed by atoms with E-state index in [4.69, 9.17) is 4.74 Å². The maximum Gasteiger partial charge on any atom is 0.251 e. The average Bonchev–Trinajstić information content (AvgIpc) is 3.05. The van der Waals surface area contributed by atoms with Gasteiger partial charge >= 0.3 is 0 Å². The van der Waals surface area contributed by atoms with Gasteiger partial charge in [0.15, 0.2) is 0 Å². The molecule has 0 aliphatic carbocycles. The summed E-state index contributed by atoms with van der Waals surface area (Å²) in [5.74, 6) is 1.11. The molecule has 0 unspecified atom stereocenters. The number of para-hydroxylation sites is 1. The van der Waals surface area contributed by atoms with Crippen molar-refractivity contribution in [2.75, 3.05) is 6.61 Å². The number of ether oxygens (including phenoxy) is 1. The number of hydrogen-bond acceptors (Lipinski definition) is 3. The minimum absolute atomic E-state index is 0.0329. The van der Waals surface area contributed by atoms with E-state index in [1.165, 1.54) is 4.88 Å². The molecule has 0 fully saturated rings. The van der Waals surface area contributed by atoms with Crippen LogP contribution >= 0.6 is 11.3 Å². The average molecular weight is 313 g/mol. The summed E-state index contributed by atoms with van der Waals surface area (Å²) in [4.78, 5) is 13.7. The Morgan fingerprint density at radius 1 is 1.23 bits per heavy atom. The van der Waals surface area contributed by atoms with Gasteiger partial charge in [-0.2, -0.15) is 0 Å². The van der Waals surface area contributed by atoms with Crippen LogP contribution in [0, 0.1) is 5.92 Å². The number of rotatable bonds is 4. The molecule has 0 spiro atoms. The highest BCUT2D eigenvalue weighted by atomic mass is 32.1. The molecule has 2 heterocycles. The Balaban J connectivity index is 1.78. The molecular weight excluding hydrogens is 294 g/mol. The summed E-state index contributed by atoms with van der Waals surface area (Å²) in [5.41, 5.74) is 1.62. The Morgan fingerprint density at radius 3 is 2.77 bits per heavy atom. The molecule has 2 aromatic rings. The topological polar surface area (TPSA) is 38.3 Å². The lowest BCUT2D eigenvalue weighted by Gasteiger charge is -2.23. The van der Waals surface area contributed by atoms with Crippen molar-refractivity contribution in [2.24, 2.45) is 5.92 Å².